The van der Waals surface area contributed by atoms with Crippen LogP contribution >= 0.6 is 0 Å². The van der Waals surface area contributed by atoms with Crippen molar-refractivity contribution in [2.75, 3.05) is 27.2 Å². The molecular formula is C18H23NO. The molecule has 0 fully saturated rings. The fraction of sp³-hybridized carbons (Fsp3) is 0.333. The van der Waals surface area contributed by atoms with E-state index in [1.54, 1.807) is 0 Å². The molecule has 0 aliphatic heterocycles. The molecule has 0 aliphatic rings. The second-order valence-electron chi connectivity index (χ2n) is 5.38. The van der Waals surface area contributed by atoms with E-state index in [4.69, 9.17) is 4.74 Å². The Kier molecular flexibility index (Phi) is 5.33. The van der Waals surface area contributed by atoms with E-state index in [-0.39, 0.29) is 6.10 Å². The summed E-state index contributed by atoms with van der Waals surface area (Å²) in [5.41, 5.74) is 3.68. The third-order valence-electron chi connectivity index (χ3n) is 3.31. The lowest BCUT2D eigenvalue weighted by Crippen LogP contribution is -2.20. The molecule has 0 heterocycles. The van der Waals surface area contributed by atoms with E-state index in [0.717, 1.165) is 13.2 Å². The maximum atomic E-state index is 6.12. The highest BCUT2D eigenvalue weighted by atomic mass is 16.5. The first-order valence-corrected chi connectivity index (χ1v) is 7.04. The first-order valence-electron chi connectivity index (χ1n) is 7.04. The molecule has 106 valence electrons. The van der Waals surface area contributed by atoms with E-state index in [1.807, 2.05) is 6.07 Å². The van der Waals surface area contributed by atoms with Gasteiger partial charge in [-0.1, -0.05) is 60.2 Å². The van der Waals surface area contributed by atoms with Crippen LogP contribution in [-0.2, 0) is 4.74 Å². The maximum absolute atomic E-state index is 6.12. The van der Waals surface area contributed by atoms with E-state index in [2.05, 4.69) is 74.4 Å². The number of likely N-dealkylation sites (N-methyl/N-ethyl adjacent to an activating group) is 1. The van der Waals surface area contributed by atoms with Gasteiger partial charge in [0.15, 0.2) is 0 Å². The summed E-state index contributed by atoms with van der Waals surface area (Å²) in [7, 11) is 4.12. The number of hydrogen-bond donors (Lipinski definition) is 0. The summed E-state index contributed by atoms with van der Waals surface area (Å²) in [6.07, 6.45) is 0.0109. The minimum Gasteiger partial charge on any atom is -0.367 e. The van der Waals surface area contributed by atoms with E-state index in [1.165, 1.54) is 16.7 Å². The van der Waals surface area contributed by atoms with Gasteiger partial charge in [-0.2, -0.15) is 0 Å². The van der Waals surface area contributed by atoms with Crippen molar-refractivity contribution in [1.29, 1.82) is 0 Å². The molecule has 0 unspecified atom stereocenters. The topological polar surface area (TPSA) is 12.5 Å². The SMILES string of the molecule is Cc1ccc([C@@H](OCCN(C)C)c2ccccc2)cc1. The fourth-order valence-electron chi connectivity index (χ4n) is 2.11. The average molecular weight is 269 g/mol. The molecule has 2 aromatic rings. The summed E-state index contributed by atoms with van der Waals surface area (Å²) in [6.45, 7) is 3.75. The summed E-state index contributed by atoms with van der Waals surface area (Å²) < 4.78 is 6.12. The van der Waals surface area contributed by atoms with Crippen molar-refractivity contribution in [2.45, 2.75) is 13.0 Å². The van der Waals surface area contributed by atoms with Crippen LogP contribution in [0.25, 0.3) is 0 Å². The van der Waals surface area contributed by atoms with E-state index in [0.29, 0.717) is 0 Å². The van der Waals surface area contributed by atoms with Crippen LogP contribution in [0.3, 0.4) is 0 Å². The third-order valence-corrected chi connectivity index (χ3v) is 3.31. The quantitative estimate of drug-likeness (QED) is 0.793. The molecule has 0 bridgehead atoms. The van der Waals surface area contributed by atoms with Gasteiger partial charge in [0.2, 0.25) is 0 Å². The number of rotatable bonds is 6. The molecule has 0 spiro atoms. The van der Waals surface area contributed by atoms with Crippen LogP contribution in [0.5, 0.6) is 0 Å². The van der Waals surface area contributed by atoms with Gasteiger partial charge in [-0.05, 0) is 32.1 Å². The monoisotopic (exact) mass is 269 g/mol. The predicted octanol–water partition coefficient (Wildman–Crippen LogP) is 3.66. The van der Waals surface area contributed by atoms with Crippen LogP contribution in [0.1, 0.15) is 22.8 Å². The van der Waals surface area contributed by atoms with E-state index < -0.39 is 0 Å². The van der Waals surface area contributed by atoms with Crippen LogP contribution in [0.4, 0.5) is 0 Å². The fourth-order valence-corrected chi connectivity index (χ4v) is 2.11. The van der Waals surface area contributed by atoms with Gasteiger partial charge in [0.1, 0.15) is 6.10 Å². The van der Waals surface area contributed by atoms with Gasteiger partial charge in [0, 0.05) is 6.54 Å². The zero-order chi connectivity index (χ0) is 14.4. The van der Waals surface area contributed by atoms with Crippen LogP contribution in [0.2, 0.25) is 0 Å². The van der Waals surface area contributed by atoms with Gasteiger partial charge in [-0.15, -0.1) is 0 Å². The van der Waals surface area contributed by atoms with Crippen LogP contribution in [-0.4, -0.2) is 32.1 Å². The molecule has 0 aliphatic carbocycles. The van der Waals surface area contributed by atoms with Gasteiger partial charge in [-0.3, -0.25) is 0 Å². The number of nitrogens with zero attached hydrogens (tertiary/aromatic N) is 1. The van der Waals surface area contributed by atoms with Gasteiger partial charge in [0.05, 0.1) is 6.61 Å². The number of hydrogen-bond acceptors (Lipinski definition) is 2. The van der Waals surface area contributed by atoms with Crippen LogP contribution in [0, 0.1) is 6.92 Å². The highest BCUT2D eigenvalue weighted by molar-refractivity contribution is 5.31. The Balaban J connectivity index is 2.18. The highest BCUT2D eigenvalue weighted by Crippen LogP contribution is 2.26. The summed E-state index contributed by atoms with van der Waals surface area (Å²) in [5.74, 6) is 0. The minimum absolute atomic E-state index is 0.0109. The van der Waals surface area contributed by atoms with Gasteiger partial charge in [-0.25, -0.2) is 0 Å². The molecule has 1 atom stereocenters. The van der Waals surface area contributed by atoms with Crippen molar-refractivity contribution in [3.8, 4) is 0 Å². The summed E-state index contributed by atoms with van der Waals surface area (Å²) in [4.78, 5) is 2.14. The molecular weight excluding hydrogens is 246 g/mol. The number of aryl methyl sites for hydroxylation is 1. The predicted molar refractivity (Wildman–Crippen MR) is 84.0 cm³/mol. The molecule has 0 saturated carbocycles. The third kappa shape index (κ3) is 4.19. The molecule has 2 heteroatoms. The molecule has 20 heavy (non-hydrogen) atoms. The van der Waals surface area contributed by atoms with Crippen LogP contribution < -0.4 is 0 Å². The van der Waals surface area contributed by atoms with Crippen molar-refractivity contribution in [2.24, 2.45) is 0 Å². The second kappa shape index (κ2) is 7.22. The molecule has 0 saturated heterocycles. The zero-order valence-electron chi connectivity index (χ0n) is 12.5. The Morgan fingerprint density at radius 3 is 2.10 bits per heavy atom. The normalized spacial score (nSPS) is 12.6. The summed E-state index contributed by atoms with van der Waals surface area (Å²) in [5, 5.41) is 0. The highest BCUT2D eigenvalue weighted by Gasteiger charge is 2.14. The van der Waals surface area contributed by atoms with Crippen molar-refractivity contribution < 1.29 is 4.74 Å². The van der Waals surface area contributed by atoms with Crippen molar-refractivity contribution in [3.05, 3.63) is 71.3 Å². The van der Waals surface area contributed by atoms with Gasteiger partial charge < -0.3 is 9.64 Å². The molecule has 0 aromatic heterocycles. The van der Waals surface area contributed by atoms with Crippen molar-refractivity contribution in [1.82, 2.24) is 4.90 Å². The largest absolute Gasteiger partial charge is 0.367 e. The Labute approximate surface area is 122 Å². The molecule has 0 amide bonds. The van der Waals surface area contributed by atoms with E-state index >= 15 is 0 Å². The Hall–Kier alpha value is -1.64. The molecule has 2 aromatic carbocycles. The van der Waals surface area contributed by atoms with Gasteiger partial charge in [0.25, 0.3) is 0 Å². The smallest absolute Gasteiger partial charge is 0.108 e. The van der Waals surface area contributed by atoms with Crippen molar-refractivity contribution in [3.63, 3.8) is 0 Å². The lowest BCUT2D eigenvalue weighted by molar-refractivity contribution is 0.0687. The lowest BCUT2D eigenvalue weighted by atomic mass is 10.0. The molecule has 0 radical (unpaired) electrons. The van der Waals surface area contributed by atoms with Crippen LogP contribution in [0.15, 0.2) is 54.6 Å². The zero-order valence-corrected chi connectivity index (χ0v) is 12.5. The Bertz CT molecular complexity index is 505. The lowest BCUT2D eigenvalue weighted by Gasteiger charge is -2.20. The maximum Gasteiger partial charge on any atom is 0.108 e. The molecule has 2 rings (SSSR count). The standard InChI is InChI=1S/C18H23NO/c1-15-9-11-17(12-10-15)18(20-14-13-19(2)3)16-7-5-4-6-8-16/h4-12,18H,13-14H2,1-3H3/t18-/m0/s1. The molecule has 0 N–H and O–H groups in total. The second-order valence-corrected chi connectivity index (χ2v) is 5.38. The Morgan fingerprint density at radius 2 is 1.50 bits per heavy atom. The molecule has 2 nitrogen and oxygen atoms in total. The summed E-state index contributed by atoms with van der Waals surface area (Å²) >= 11 is 0. The average Bonchev–Trinajstić information content (AvgIpc) is 2.46. The first-order chi connectivity index (χ1) is 9.66. The number of ether oxygens (including phenoxy) is 1. The number of benzene rings is 2. The Morgan fingerprint density at radius 1 is 0.900 bits per heavy atom. The van der Waals surface area contributed by atoms with Crippen molar-refractivity contribution >= 4 is 0 Å². The van der Waals surface area contributed by atoms with E-state index in [9.17, 15) is 0 Å². The minimum atomic E-state index is 0.0109. The van der Waals surface area contributed by atoms with Gasteiger partial charge >= 0.3 is 0 Å². The summed E-state index contributed by atoms with van der Waals surface area (Å²) in [6, 6.07) is 19.0. The first kappa shape index (κ1) is 14.8.